The maximum Gasteiger partial charge on any atom is 0.224 e. The highest BCUT2D eigenvalue weighted by molar-refractivity contribution is 6.33. The summed E-state index contributed by atoms with van der Waals surface area (Å²) in [5.74, 6) is 0.00619. The van der Waals surface area contributed by atoms with Gasteiger partial charge in [0.05, 0.1) is 10.7 Å². The summed E-state index contributed by atoms with van der Waals surface area (Å²) in [6, 6.07) is 15.8. The number of hydrogen-bond donors (Lipinski definition) is 1. The fourth-order valence-corrected chi connectivity index (χ4v) is 2.31. The number of halogens is 1. The number of anilines is 1. The van der Waals surface area contributed by atoms with Crippen molar-refractivity contribution in [3.63, 3.8) is 0 Å². The molecule has 0 unspecified atom stereocenters. The third-order valence-corrected chi connectivity index (χ3v) is 3.42. The SMILES string of the molecule is Cc1ccc(NC(=O)CCCc2ccccc2)c(Cl)c1. The summed E-state index contributed by atoms with van der Waals surface area (Å²) < 4.78 is 0. The number of nitrogens with one attached hydrogen (secondary N) is 1. The van der Waals surface area contributed by atoms with Crippen LogP contribution >= 0.6 is 11.6 Å². The molecule has 104 valence electrons. The third kappa shape index (κ3) is 4.39. The van der Waals surface area contributed by atoms with E-state index in [-0.39, 0.29) is 5.91 Å². The molecule has 0 fully saturated rings. The number of carbonyl (C=O) groups excluding carboxylic acids is 1. The monoisotopic (exact) mass is 287 g/mol. The Balaban J connectivity index is 1.81. The van der Waals surface area contributed by atoms with Crippen molar-refractivity contribution in [1.29, 1.82) is 0 Å². The largest absolute Gasteiger partial charge is 0.325 e. The first-order valence-electron chi connectivity index (χ1n) is 6.75. The normalized spacial score (nSPS) is 10.3. The van der Waals surface area contributed by atoms with Gasteiger partial charge in [0.1, 0.15) is 0 Å². The molecule has 0 atom stereocenters. The van der Waals surface area contributed by atoms with E-state index in [1.165, 1.54) is 5.56 Å². The van der Waals surface area contributed by atoms with Gasteiger partial charge < -0.3 is 5.32 Å². The van der Waals surface area contributed by atoms with Crippen LogP contribution in [0.5, 0.6) is 0 Å². The molecule has 2 aromatic carbocycles. The summed E-state index contributed by atoms with van der Waals surface area (Å²) in [5, 5.41) is 3.44. The van der Waals surface area contributed by atoms with Crippen molar-refractivity contribution in [2.24, 2.45) is 0 Å². The lowest BCUT2D eigenvalue weighted by atomic mass is 10.1. The zero-order valence-electron chi connectivity index (χ0n) is 11.5. The first-order chi connectivity index (χ1) is 9.65. The second kappa shape index (κ2) is 7.11. The number of carbonyl (C=O) groups is 1. The van der Waals surface area contributed by atoms with E-state index in [0.717, 1.165) is 18.4 Å². The Kier molecular flexibility index (Phi) is 5.19. The van der Waals surface area contributed by atoms with E-state index in [0.29, 0.717) is 17.1 Å². The van der Waals surface area contributed by atoms with Crippen LogP contribution in [0.15, 0.2) is 48.5 Å². The minimum absolute atomic E-state index is 0.00619. The lowest BCUT2D eigenvalue weighted by Crippen LogP contribution is -2.11. The number of rotatable bonds is 5. The maximum atomic E-state index is 11.9. The van der Waals surface area contributed by atoms with Crippen LogP contribution in [0.3, 0.4) is 0 Å². The summed E-state index contributed by atoms with van der Waals surface area (Å²) in [5.41, 5.74) is 3.02. The molecule has 0 aromatic heterocycles. The van der Waals surface area contributed by atoms with E-state index in [1.807, 2.05) is 43.3 Å². The van der Waals surface area contributed by atoms with Crippen molar-refractivity contribution < 1.29 is 4.79 Å². The highest BCUT2D eigenvalue weighted by Gasteiger charge is 2.06. The summed E-state index contributed by atoms with van der Waals surface area (Å²) in [4.78, 5) is 11.9. The molecule has 1 N–H and O–H groups in total. The second-order valence-corrected chi connectivity index (χ2v) is 5.28. The van der Waals surface area contributed by atoms with E-state index in [4.69, 9.17) is 11.6 Å². The molecule has 0 saturated heterocycles. The molecule has 2 nitrogen and oxygen atoms in total. The van der Waals surface area contributed by atoms with Crippen LogP contribution in [0, 0.1) is 6.92 Å². The zero-order chi connectivity index (χ0) is 14.4. The van der Waals surface area contributed by atoms with Crippen molar-refractivity contribution in [2.45, 2.75) is 26.2 Å². The van der Waals surface area contributed by atoms with Gasteiger partial charge in [0.2, 0.25) is 5.91 Å². The van der Waals surface area contributed by atoms with Crippen molar-refractivity contribution in [1.82, 2.24) is 0 Å². The first-order valence-corrected chi connectivity index (χ1v) is 7.13. The Labute approximate surface area is 124 Å². The van der Waals surface area contributed by atoms with E-state index in [1.54, 1.807) is 0 Å². The zero-order valence-corrected chi connectivity index (χ0v) is 12.3. The maximum absolute atomic E-state index is 11.9. The van der Waals surface area contributed by atoms with Gasteiger partial charge >= 0.3 is 0 Å². The molecule has 0 bridgehead atoms. The van der Waals surface area contributed by atoms with Crippen LogP contribution in [0.2, 0.25) is 5.02 Å². The number of aryl methyl sites for hydroxylation is 2. The van der Waals surface area contributed by atoms with Crippen molar-refractivity contribution in [3.05, 3.63) is 64.7 Å². The predicted molar refractivity (Wildman–Crippen MR) is 84.2 cm³/mol. The molecule has 0 saturated carbocycles. The Hall–Kier alpha value is -1.80. The third-order valence-electron chi connectivity index (χ3n) is 3.11. The molecule has 2 rings (SSSR count). The molecule has 0 aliphatic carbocycles. The lowest BCUT2D eigenvalue weighted by molar-refractivity contribution is -0.116. The van der Waals surface area contributed by atoms with Gasteiger partial charge in [-0.25, -0.2) is 0 Å². The molecule has 0 heterocycles. The highest BCUT2D eigenvalue weighted by atomic mass is 35.5. The van der Waals surface area contributed by atoms with Gasteiger partial charge in [0, 0.05) is 6.42 Å². The van der Waals surface area contributed by atoms with E-state index >= 15 is 0 Å². The van der Waals surface area contributed by atoms with E-state index < -0.39 is 0 Å². The summed E-state index contributed by atoms with van der Waals surface area (Å²) in [6.07, 6.45) is 2.24. The lowest BCUT2D eigenvalue weighted by Gasteiger charge is -2.08. The molecule has 0 spiro atoms. The Morgan fingerprint density at radius 2 is 1.90 bits per heavy atom. The quantitative estimate of drug-likeness (QED) is 0.855. The average Bonchev–Trinajstić information content (AvgIpc) is 2.43. The van der Waals surface area contributed by atoms with Gasteiger partial charge in [-0.05, 0) is 43.0 Å². The molecular weight excluding hydrogens is 270 g/mol. The second-order valence-electron chi connectivity index (χ2n) is 4.87. The van der Waals surface area contributed by atoms with Crippen LogP contribution in [0.25, 0.3) is 0 Å². The van der Waals surface area contributed by atoms with Crippen LogP contribution in [0.1, 0.15) is 24.0 Å². The summed E-state index contributed by atoms with van der Waals surface area (Å²) in [7, 11) is 0. The number of amides is 1. The van der Waals surface area contributed by atoms with Crippen molar-refractivity contribution in [3.8, 4) is 0 Å². The fourth-order valence-electron chi connectivity index (χ4n) is 2.03. The highest BCUT2D eigenvalue weighted by Crippen LogP contribution is 2.22. The molecule has 0 aliphatic rings. The van der Waals surface area contributed by atoms with Gasteiger partial charge in [0.15, 0.2) is 0 Å². The summed E-state index contributed by atoms with van der Waals surface area (Å²) in [6.45, 7) is 1.97. The predicted octanol–water partition coefficient (Wildman–Crippen LogP) is 4.61. The fraction of sp³-hybridized carbons (Fsp3) is 0.235. The minimum Gasteiger partial charge on any atom is -0.325 e. The molecule has 0 radical (unpaired) electrons. The van der Waals surface area contributed by atoms with Gasteiger partial charge in [-0.1, -0.05) is 48.0 Å². The Morgan fingerprint density at radius 1 is 1.15 bits per heavy atom. The topological polar surface area (TPSA) is 29.1 Å². The molecular formula is C17H18ClNO. The van der Waals surface area contributed by atoms with Crippen LogP contribution in [-0.4, -0.2) is 5.91 Å². The van der Waals surface area contributed by atoms with Crippen LogP contribution in [-0.2, 0) is 11.2 Å². The van der Waals surface area contributed by atoms with Crippen LogP contribution < -0.4 is 5.32 Å². The smallest absolute Gasteiger partial charge is 0.224 e. The van der Waals surface area contributed by atoms with Gasteiger partial charge in [-0.3, -0.25) is 4.79 Å². The van der Waals surface area contributed by atoms with Gasteiger partial charge in [-0.2, -0.15) is 0 Å². The molecule has 3 heteroatoms. The number of benzene rings is 2. The van der Waals surface area contributed by atoms with Gasteiger partial charge in [-0.15, -0.1) is 0 Å². The Morgan fingerprint density at radius 3 is 2.60 bits per heavy atom. The van der Waals surface area contributed by atoms with Crippen molar-refractivity contribution >= 4 is 23.2 Å². The molecule has 0 aliphatic heterocycles. The first kappa shape index (κ1) is 14.6. The standard InChI is InChI=1S/C17H18ClNO/c1-13-10-11-16(15(18)12-13)19-17(20)9-5-8-14-6-3-2-4-7-14/h2-4,6-7,10-12H,5,8-9H2,1H3,(H,19,20). The van der Waals surface area contributed by atoms with E-state index in [2.05, 4.69) is 17.4 Å². The molecule has 1 amide bonds. The van der Waals surface area contributed by atoms with Crippen molar-refractivity contribution in [2.75, 3.05) is 5.32 Å². The molecule has 20 heavy (non-hydrogen) atoms. The summed E-state index contributed by atoms with van der Waals surface area (Å²) >= 11 is 6.09. The Bertz CT molecular complexity index is 581. The van der Waals surface area contributed by atoms with E-state index in [9.17, 15) is 4.79 Å². The number of hydrogen-bond acceptors (Lipinski definition) is 1. The minimum atomic E-state index is 0.00619. The van der Waals surface area contributed by atoms with Crippen LogP contribution in [0.4, 0.5) is 5.69 Å². The van der Waals surface area contributed by atoms with Gasteiger partial charge in [0.25, 0.3) is 0 Å². The average molecular weight is 288 g/mol. The molecule has 2 aromatic rings.